The van der Waals surface area contributed by atoms with Crippen molar-refractivity contribution in [2.45, 2.75) is 37.8 Å². The third-order valence-electron chi connectivity index (χ3n) is 4.29. The Bertz CT molecular complexity index is 235. The molecule has 1 saturated heterocycles. The highest BCUT2D eigenvalue weighted by Crippen LogP contribution is 2.52. The highest BCUT2D eigenvalue weighted by molar-refractivity contribution is 5.74. The quantitative estimate of drug-likeness (QED) is 0.630. The van der Waals surface area contributed by atoms with Crippen LogP contribution >= 0.6 is 0 Å². The Labute approximate surface area is 77.5 Å². The Balaban J connectivity index is 1.79. The van der Waals surface area contributed by atoms with Crippen molar-refractivity contribution in [2.24, 2.45) is 17.8 Å². The molecule has 0 amide bonds. The first-order chi connectivity index (χ1) is 6.25. The SMILES string of the molecule is O=C(O)[C@H]1C[C@@H]2[C@@H]3CC[C@@H](C3)[C@@H]2N1. The number of carboxylic acid groups (broad SMARTS) is 1. The molecule has 0 aromatic rings. The van der Waals surface area contributed by atoms with Crippen molar-refractivity contribution in [3.8, 4) is 0 Å². The molecule has 0 radical (unpaired) electrons. The smallest absolute Gasteiger partial charge is 0.320 e. The van der Waals surface area contributed by atoms with E-state index in [-0.39, 0.29) is 6.04 Å². The van der Waals surface area contributed by atoms with Crippen molar-refractivity contribution in [3.63, 3.8) is 0 Å². The van der Waals surface area contributed by atoms with Crippen LogP contribution in [0.15, 0.2) is 0 Å². The van der Waals surface area contributed by atoms with Crippen LogP contribution < -0.4 is 5.32 Å². The Morgan fingerprint density at radius 1 is 1.23 bits per heavy atom. The van der Waals surface area contributed by atoms with Crippen molar-refractivity contribution in [2.75, 3.05) is 0 Å². The van der Waals surface area contributed by atoms with Gasteiger partial charge in [0.2, 0.25) is 0 Å². The number of carbonyl (C=O) groups is 1. The molecule has 3 heteroatoms. The summed E-state index contributed by atoms with van der Waals surface area (Å²) < 4.78 is 0. The van der Waals surface area contributed by atoms with E-state index in [0.29, 0.717) is 12.0 Å². The molecule has 0 aromatic carbocycles. The summed E-state index contributed by atoms with van der Waals surface area (Å²) in [6, 6.07) is 0.290. The van der Waals surface area contributed by atoms with Gasteiger partial charge in [0, 0.05) is 6.04 Å². The zero-order chi connectivity index (χ0) is 9.00. The van der Waals surface area contributed by atoms with Gasteiger partial charge in [-0.15, -0.1) is 0 Å². The Morgan fingerprint density at radius 3 is 2.69 bits per heavy atom. The van der Waals surface area contributed by atoms with Gasteiger partial charge in [0.1, 0.15) is 6.04 Å². The second-order valence-corrected chi connectivity index (χ2v) is 4.82. The summed E-state index contributed by atoms with van der Waals surface area (Å²) in [6.07, 6.45) is 4.90. The molecule has 3 aliphatic rings. The molecule has 3 rings (SSSR count). The van der Waals surface area contributed by atoms with Gasteiger partial charge in [-0.2, -0.15) is 0 Å². The van der Waals surface area contributed by atoms with Gasteiger partial charge in [0.25, 0.3) is 0 Å². The van der Waals surface area contributed by atoms with Crippen LogP contribution in [0.5, 0.6) is 0 Å². The van der Waals surface area contributed by atoms with E-state index in [1.165, 1.54) is 19.3 Å². The number of aliphatic carboxylic acids is 1. The lowest BCUT2D eigenvalue weighted by atomic mass is 9.85. The van der Waals surface area contributed by atoms with Crippen molar-refractivity contribution < 1.29 is 9.90 Å². The average Bonchev–Trinajstić information content (AvgIpc) is 2.76. The molecule has 2 aliphatic carbocycles. The van der Waals surface area contributed by atoms with Crippen LogP contribution in [0.1, 0.15) is 25.7 Å². The van der Waals surface area contributed by atoms with Crippen LogP contribution in [0, 0.1) is 17.8 Å². The predicted octanol–water partition coefficient (Wildman–Crippen LogP) is 0.848. The molecular formula is C10H15NO2. The lowest BCUT2D eigenvalue weighted by Gasteiger charge is -2.23. The van der Waals surface area contributed by atoms with Crippen LogP contribution in [0.2, 0.25) is 0 Å². The fourth-order valence-corrected chi connectivity index (χ4v) is 3.75. The summed E-state index contributed by atoms with van der Waals surface area (Å²) in [7, 11) is 0. The number of nitrogens with one attached hydrogen (secondary N) is 1. The normalized spacial score (nSPS) is 52.5. The maximum Gasteiger partial charge on any atom is 0.320 e. The Kier molecular flexibility index (Phi) is 1.48. The topological polar surface area (TPSA) is 49.3 Å². The molecule has 5 atom stereocenters. The average molecular weight is 181 g/mol. The summed E-state index contributed by atoms with van der Waals surface area (Å²) in [4.78, 5) is 10.8. The highest BCUT2D eigenvalue weighted by Gasteiger charge is 2.53. The van der Waals surface area contributed by atoms with Gasteiger partial charge < -0.3 is 10.4 Å². The minimum atomic E-state index is -0.659. The minimum absolute atomic E-state index is 0.251. The van der Waals surface area contributed by atoms with E-state index in [4.69, 9.17) is 5.11 Å². The third-order valence-corrected chi connectivity index (χ3v) is 4.29. The number of hydrogen-bond donors (Lipinski definition) is 2. The Morgan fingerprint density at radius 2 is 2.00 bits per heavy atom. The van der Waals surface area contributed by atoms with E-state index in [1.54, 1.807) is 0 Å². The summed E-state index contributed by atoms with van der Waals surface area (Å²) in [5.74, 6) is 1.65. The summed E-state index contributed by atoms with van der Waals surface area (Å²) in [5.41, 5.74) is 0. The largest absolute Gasteiger partial charge is 0.480 e. The van der Waals surface area contributed by atoms with E-state index in [1.807, 2.05) is 0 Å². The number of rotatable bonds is 1. The van der Waals surface area contributed by atoms with Crippen LogP contribution in [0.3, 0.4) is 0 Å². The molecule has 1 heterocycles. The van der Waals surface area contributed by atoms with Crippen molar-refractivity contribution in [3.05, 3.63) is 0 Å². The van der Waals surface area contributed by atoms with Gasteiger partial charge in [0.05, 0.1) is 0 Å². The molecule has 3 fully saturated rings. The van der Waals surface area contributed by atoms with E-state index in [2.05, 4.69) is 5.32 Å². The van der Waals surface area contributed by atoms with Gasteiger partial charge in [0.15, 0.2) is 0 Å². The second-order valence-electron chi connectivity index (χ2n) is 4.82. The zero-order valence-corrected chi connectivity index (χ0v) is 7.57. The number of carboxylic acids is 1. The molecule has 1 aliphatic heterocycles. The molecule has 0 spiro atoms. The van der Waals surface area contributed by atoms with Gasteiger partial charge in [-0.1, -0.05) is 0 Å². The number of hydrogen-bond acceptors (Lipinski definition) is 2. The zero-order valence-electron chi connectivity index (χ0n) is 7.57. The molecule has 2 bridgehead atoms. The second kappa shape index (κ2) is 2.47. The highest BCUT2D eigenvalue weighted by atomic mass is 16.4. The molecular weight excluding hydrogens is 166 g/mol. The first-order valence-corrected chi connectivity index (χ1v) is 5.24. The van der Waals surface area contributed by atoms with Gasteiger partial charge >= 0.3 is 5.97 Å². The van der Waals surface area contributed by atoms with Crippen LogP contribution in [0.4, 0.5) is 0 Å². The summed E-state index contributed by atoms with van der Waals surface area (Å²) >= 11 is 0. The lowest BCUT2D eigenvalue weighted by molar-refractivity contribution is -0.139. The van der Waals surface area contributed by atoms with Crippen LogP contribution in [-0.2, 0) is 4.79 Å². The summed E-state index contributed by atoms with van der Waals surface area (Å²) in [5, 5.41) is 12.2. The number of fused-ring (bicyclic) bond motifs is 5. The van der Waals surface area contributed by atoms with E-state index >= 15 is 0 Å². The minimum Gasteiger partial charge on any atom is -0.480 e. The molecule has 3 nitrogen and oxygen atoms in total. The third kappa shape index (κ3) is 0.966. The van der Waals surface area contributed by atoms with E-state index < -0.39 is 5.97 Å². The van der Waals surface area contributed by atoms with Crippen molar-refractivity contribution >= 4 is 5.97 Å². The molecule has 2 saturated carbocycles. The first kappa shape index (κ1) is 7.80. The van der Waals surface area contributed by atoms with Crippen molar-refractivity contribution in [1.82, 2.24) is 5.32 Å². The van der Waals surface area contributed by atoms with E-state index in [0.717, 1.165) is 18.3 Å². The lowest BCUT2D eigenvalue weighted by Crippen LogP contribution is -2.39. The fraction of sp³-hybridized carbons (Fsp3) is 0.900. The van der Waals surface area contributed by atoms with E-state index in [9.17, 15) is 4.79 Å². The molecule has 0 unspecified atom stereocenters. The molecule has 2 N–H and O–H groups in total. The monoisotopic (exact) mass is 181 g/mol. The first-order valence-electron chi connectivity index (χ1n) is 5.24. The van der Waals surface area contributed by atoms with Gasteiger partial charge in [-0.3, -0.25) is 4.79 Å². The summed E-state index contributed by atoms with van der Waals surface area (Å²) in [6.45, 7) is 0. The van der Waals surface area contributed by atoms with Gasteiger partial charge in [-0.05, 0) is 43.4 Å². The fourth-order valence-electron chi connectivity index (χ4n) is 3.75. The maximum atomic E-state index is 10.8. The molecule has 72 valence electrons. The van der Waals surface area contributed by atoms with Crippen LogP contribution in [0.25, 0.3) is 0 Å². The predicted molar refractivity (Wildman–Crippen MR) is 47.3 cm³/mol. The van der Waals surface area contributed by atoms with Crippen LogP contribution in [-0.4, -0.2) is 23.2 Å². The standard InChI is InChI=1S/C10H15NO2/c12-10(13)8-4-7-5-1-2-6(3-5)9(7)11-8/h5-9,11H,1-4H2,(H,12,13)/t5-,6+,7-,8-,9+/m1/s1. The Hall–Kier alpha value is -0.570. The van der Waals surface area contributed by atoms with Crippen molar-refractivity contribution in [1.29, 1.82) is 0 Å². The molecule has 13 heavy (non-hydrogen) atoms. The van der Waals surface area contributed by atoms with Gasteiger partial charge in [-0.25, -0.2) is 0 Å². The molecule has 0 aromatic heterocycles. The maximum absolute atomic E-state index is 10.8.